The van der Waals surface area contributed by atoms with Gasteiger partial charge in [-0.05, 0) is 11.8 Å². The summed E-state index contributed by atoms with van der Waals surface area (Å²) in [5.41, 5.74) is 5.04. The maximum absolute atomic E-state index is 8.69. The van der Waals surface area contributed by atoms with Crippen LogP contribution in [0.5, 0.6) is 0 Å². The maximum atomic E-state index is 8.69. The Balaban J connectivity index is 3.40. The predicted octanol–water partition coefficient (Wildman–Crippen LogP) is -0.0625. The minimum absolute atomic E-state index is 0.463. The average molecular weight is 152 g/mol. The van der Waals surface area contributed by atoms with Crippen LogP contribution in [0.15, 0.2) is 12.7 Å². The van der Waals surface area contributed by atoms with E-state index in [2.05, 4.69) is 23.5 Å². The molecule has 0 aromatic heterocycles. The summed E-state index contributed by atoms with van der Waals surface area (Å²) in [4.78, 5) is 8.69. The first kappa shape index (κ1) is 8.27. The highest BCUT2D eigenvalue weighted by Gasteiger charge is 1.98. The van der Waals surface area contributed by atoms with Gasteiger partial charge in [0.05, 0.1) is 0 Å². The van der Waals surface area contributed by atoms with Crippen molar-refractivity contribution in [2.24, 2.45) is 5.50 Å². The molecule has 0 rings (SSSR count). The van der Waals surface area contributed by atoms with Gasteiger partial charge in [0.15, 0.2) is 6.57 Å². The van der Waals surface area contributed by atoms with E-state index < -0.39 is 6.57 Å². The summed E-state index contributed by atoms with van der Waals surface area (Å²) in [7, 11) is 0. The van der Waals surface area contributed by atoms with Crippen LogP contribution in [0.4, 0.5) is 0 Å². The summed E-state index contributed by atoms with van der Waals surface area (Å²) < 4.78 is 0. The monoisotopic (exact) mass is 152 g/mol. The van der Waals surface area contributed by atoms with Crippen LogP contribution in [0.2, 0.25) is 0 Å². The van der Waals surface area contributed by atoms with Gasteiger partial charge in [-0.2, -0.15) is 0 Å². The molecule has 4 N–H and O–H groups in total. The molecule has 1 atom stereocenters. The Labute approximate surface area is 53.8 Å². The van der Waals surface area contributed by atoms with E-state index in [1.54, 1.807) is 6.08 Å². The lowest BCUT2D eigenvalue weighted by molar-refractivity contribution is 0.609. The molecule has 0 aromatic rings. The van der Waals surface area contributed by atoms with Crippen LogP contribution < -0.4 is 10.6 Å². The molecule has 0 fully saturated rings. The lowest BCUT2D eigenvalue weighted by Gasteiger charge is -2.06. The Bertz CT molecular complexity index is 120. The second-order valence-corrected chi connectivity index (χ2v) is 4.51. The first-order chi connectivity index (χ1) is 3.56. The van der Waals surface area contributed by atoms with Crippen molar-refractivity contribution in [3.05, 3.63) is 12.7 Å². The van der Waals surface area contributed by atoms with Crippen molar-refractivity contribution < 1.29 is 4.89 Å². The first-order valence-electron chi connectivity index (χ1n) is 2.03. The number of nitrogens with one attached hydrogen (secondary N) is 1. The van der Waals surface area contributed by atoms with Gasteiger partial charge in [0.1, 0.15) is 0 Å². The van der Waals surface area contributed by atoms with E-state index in [0.717, 1.165) is 0 Å². The van der Waals surface area contributed by atoms with E-state index in [1.807, 2.05) is 0 Å². The first-order valence-corrected chi connectivity index (χ1v) is 4.86. The molecule has 0 bridgehead atoms. The standard InChI is InChI=1S/C3H9N2OPS/c1-2-3-5-7(4,6)8/h2H,1,3H2,(H4,4,5,6,8). The van der Waals surface area contributed by atoms with Crippen molar-refractivity contribution in [2.45, 2.75) is 0 Å². The van der Waals surface area contributed by atoms with E-state index in [1.165, 1.54) is 0 Å². The fourth-order valence-corrected chi connectivity index (χ4v) is 0.810. The van der Waals surface area contributed by atoms with Crippen molar-refractivity contribution in [1.29, 1.82) is 0 Å². The van der Waals surface area contributed by atoms with Crippen molar-refractivity contribution in [1.82, 2.24) is 5.09 Å². The van der Waals surface area contributed by atoms with Gasteiger partial charge < -0.3 is 4.89 Å². The second kappa shape index (κ2) is 3.33. The molecule has 3 nitrogen and oxygen atoms in total. The predicted molar refractivity (Wildman–Crippen MR) is 38.9 cm³/mol. The molecule has 0 aliphatic rings. The van der Waals surface area contributed by atoms with Crippen LogP contribution in [0.1, 0.15) is 0 Å². The van der Waals surface area contributed by atoms with E-state index in [4.69, 9.17) is 10.4 Å². The lowest BCUT2D eigenvalue weighted by Crippen LogP contribution is -2.14. The number of hydrogen-bond donors (Lipinski definition) is 3. The maximum Gasteiger partial charge on any atom is 0.192 e. The minimum atomic E-state index is -2.67. The largest absolute Gasteiger partial charge is 0.343 e. The van der Waals surface area contributed by atoms with Crippen LogP contribution in [0.3, 0.4) is 0 Å². The number of rotatable bonds is 3. The Morgan fingerprint density at radius 3 is 2.62 bits per heavy atom. The molecule has 0 radical (unpaired) electrons. The van der Waals surface area contributed by atoms with Gasteiger partial charge in [-0.25, -0.2) is 0 Å². The van der Waals surface area contributed by atoms with Crippen LogP contribution in [-0.2, 0) is 11.8 Å². The van der Waals surface area contributed by atoms with Gasteiger partial charge in [-0.1, -0.05) is 6.08 Å². The summed E-state index contributed by atoms with van der Waals surface area (Å²) in [6.07, 6.45) is 1.59. The summed E-state index contributed by atoms with van der Waals surface area (Å²) >= 11 is 4.44. The third-order valence-electron chi connectivity index (χ3n) is 0.462. The number of hydrogen-bond acceptors (Lipinski definition) is 1. The smallest absolute Gasteiger partial charge is 0.192 e. The van der Waals surface area contributed by atoms with Crippen LogP contribution >= 0.6 is 6.57 Å². The molecule has 0 saturated heterocycles. The van der Waals surface area contributed by atoms with Crippen LogP contribution in [0, 0.1) is 0 Å². The summed E-state index contributed by atoms with van der Waals surface area (Å²) in [5, 5.41) is 2.51. The van der Waals surface area contributed by atoms with Crippen molar-refractivity contribution in [3.63, 3.8) is 0 Å². The minimum Gasteiger partial charge on any atom is -0.343 e. The zero-order chi connectivity index (χ0) is 6.62. The van der Waals surface area contributed by atoms with Gasteiger partial charge in [0, 0.05) is 6.54 Å². The molecule has 0 aromatic carbocycles. The zero-order valence-corrected chi connectivity index (χ0v) is 6.08. The van der Waals surface area contributed by atoms with Gasteiger partial charge >= 0.3 is 0 Å². The van der Waals surface area contributed by atoms with E-state index in [0.29, 0.717) is 6.54 Å². The quantitative estimate of drug-likeness (QED) is 0.391. The van der Waals surface area contributed by atoms with Gasteiger partial charge in [-0.3, -0.25) is 10.6 Å². The molecule has 0 spiro atoms. The van der Waals surface area contributed by atoms with Gasteiger partial charge in [0.2, 0.25) is 0 Å². The SMILES string of the molecule is C=CCNP(N)(O)=S. The van der Waals surface area contributed by atoms with E-state index in [-0.39, 0.29) is 0 Å². The highest BCUT2D eigenvalue weighted by Crippen LogP contribution is 2.22. The zero-order valence-electron chi connectivity index (χ0n) is 4.37. The Morgan fingerprint density at radius 2 is 2.50 bits per heavy atom. The summed E-state index contributed by atoms with van der Waals surface area (Å²) in [5.74, 6) is 0. The molecule has 1 unspecified atom stereocenters. The fraction of sp³-hybridized carbons (Fsp3) is 0.333. The highest BCUT2D eigenvalue weighted by atomic mass is 32.4. The van der Waals surface area contributed by atoms with E-state index >= 15 is 0 Å². The summed E-state index contributed by atoms with van der Waals surface area (Å²) in [6, 6.07) is 0. The molecule has 5 heteroatoms. The Hall–Kier alpha value is 0.270. The molecule has 8 heavy (non-hydrogen) atoms. The molecule has 0 aliphatic carbocycles. The van der Waals surface area contributed by atoms with Crippen molar-refractivity contribution >= 4 is 18.4 Å². The third-order valence-corrected chi connectivity index (χ3v) is 1.49. The van der Waals surface area contributed by atoms with Crippen LogP contribution in [-0.4, -0.2) is 11.4 Å². The van der Waals surface area contributed by atoms with Crippen molar-refractivity contribution in [2.75, 3.05) is 6.54 Å². The average Bonchev–Trinajstić information content (AvgIpc) is 1.59. The molecule has 48 valence electrons. The van der Waals surface area contributed by atoms with Crippen LogP contribution in [0.25, 0.3) is 0 Å². The van der Waals surface area contributed by atoms with Gasteiger partial charge in [-0.15, -0.1) is 6.58 Å². The molecule has 0 saturated carbocycles. The third kappa shape index (κ3) is 6.27. The lowest BCUT2D eigenvalue weighted by atomic mass is 10.7. The van der Waals surface area contributed by atoms with Gasteiger partial charge in [0.25, 0.3) is 0 Å². The molecular formula is C3H9N2OPS. The molecular weight excluding hydrogens is 143 g/mol. The summed E-state index contributed by atoms with van der Waals surface area (Å²) in [6.45, 7) is 1.20. The molecule has 0 amide bonds. The second-order valence-electron chi connectivity index (χ2n) is 1.27. The molecule has 0 heterocycles. The topological polar surface area (TPSA) is 58.3 Å². The number of nitrogens with two attached hydrogens (primary N) is 1. The molecule has 0 aliphatic heterocycles. The normalized spacial score (nSPS) is 17.2. The Morgan fingerprint density at radius 1 is 2.00 bits per heavy atom. The van der Waals surface area contributed by atoms with Crippen molar-refractivity contribution in [3.8, 4) is 0 Å². The highest BCUT2D eigenvalue weighted by molar-refractivity contribution is 8.09. The Kier molecular flexibility index (Phi) is 3.44. The van der Waals surface area contributed by atoms with E-state index in [9.17, 15) is 0 Å². The fourth-order valence-electron chi connectivity index (χ4n) is 0.195.